The Balaban J connectivity index is 2.10. The van der Waals surface area contributed by atoms with E-state index in [0.717, 1.165) is 6.26 Å². The van der Waals surface area contributed by atoms with E-state index in [9.17, 15) is 8.42 Å². The average Bonchev–Trinajstić information content (AvgIpc) is 2.25. The smallest absolute Gasteiger partial charge is 0.264 e. The molecule has 2 heterocycles. The van der Waals surface area contributed by atoms with Crippen molar-refractivity contribution in [2.75, 3.05) is 19.5 Å². The lowest BCUT2D eigenvalue weighted by Gasteiger charge is -2.25. The van der Waals surface area contributed by atoms with E-state index in [4.69, 9.17) is 21.1 Å². The first-order chi connectivity index (χ1) is 8.35. The number of pyridine rings is 1. The summed E-state index contributed by atoms with van der Waals surface area (Å²) in [4.78, 5) is 3.95. The third-order valence-corrected chi connectivity index (χ3v) is 3.37. The predicted molar refractivity (Wildman–Crippen MR) is 67.7 cm³/mol. The molecule has 9 heteroatoms. The fraction of sp³-hybridized carbons (Fsp3) is 0.444. The number of hydrogen-bond acceptors (Lipinski definition) is 6. The van der Waals surface area contributed by atoms with E-state index in [2.05, 4.69) is 25.1 Å². The van der Waals surface area contributed by atoms with Crippen LogP contribution in [0.15, 0.2) is 10.5 Å². The number of nitrogens with zero attached hydrogens (tertiary/aromatic N) is 1. The quantitative estimate of drug-likeness (QED) is 0.604. The molecule has 100 valence electrons. The SMILES string of the molecule is CS(=O)(=O)OC[C@@H]1COc2nc(Cl)cc(Br)c2O1. The molecule has 0 aromatic carbocycles. The minimum Gasteiger partial charge on any atom is -0.478 e. The van der Waals surface area contributed by atoms with Crippen molar-refractivity contribution in [2.45, 2.75) is 6.10 Å². The third kappa shape index (κ3) is 3.47. The lowest BCUT2D eigenvalue weighted by Crippen LogP contribution is -2.34. The number of ether oxygens (including phenoxy) is 2. The fourth-order valence-corrected chi connectivity index (χ4v) is 2.51. The van der Waals surface area contributed by atoms with Gasteiger partial charge in [-0.05, 0) is 22.0 Å². The standard InChI is InChI=1S/C9H9BrClNO5S/c1-18(13,14)16-4-5-3-15-9-8(17-5)6(10)2-7(11)12-9/h2,5H,3-4H2,1H3/t5-/m0/s1. The molecular weight excluding hydrogens is 350 g/mol. The Morgan fingerprint density at radius 1 is 1.67 bits per heavy atom. The molecule has 0 N–H and O–H groups in total. The lowest BCUT2D eigenvalue weighted by atomic mass is 10.3. The molecule has 6 nitrogen and oxygen atoms in total. The molecule has 0 fully saturated rings. The van der Waals surface area contributed by atoms with Crippen LogP contribution < -0.4 is 9.47 Å². The molecule has 1 aliphatic rings. The highest BCUT2D eigenvalue weighted by Gasteiger charge is 2.26. The summed E-state index contributed by atoms with van der Waals surface area (Å²) in [5, 5.41) is 0.273. The number of halogens is 2. The zero-order chi connectivity index (χ0) is 13.3. The molecule has 1 aromatic rings. The van der Waals surface area contributed by atoms with Gasteiger partial charge in [-0.15, -0.1) is 0 Å². The largest absolute Gasteiger partial charge is 0.478 e. The number of aromatic nitrogens is 1. The Labute approximate surface area is 117 Å². The average molecular weight is 359 g/mol. The first kappa shape index (κ1) is 13.9. The topological polar surface area (TPSA) is 74.7 Å². The van der Waals surface area contributed by atoms with Crippen LogP contribution in [0.4, 0.5) is 0 Å². The summed E-state index contributed by atoms with van der Waals surface area (Å²) in [7, 11) is -3.50. The molecule has 18 heavy (non-hydrogen) atoms. The normalized spacial score (nSPS) is 18.7. The van der Waals surface area contributed by atoms with Crippen molar-refractivity contribution in [1.82, 2.24) is 4.98 Å². The summed E-state index contributed by atoms with van der Waals surface area (Å²) in [6.07, 6.45) is 0.452. The molecule has 1 aromatic heterocycles. The first-order valence-electron chi connectivity index (χ1n) is 4.85. The van der Waals surface area contributed by atoms with Crippen molar-refractivity contribution >= 4 is 37.6 Å². The van der Waals surface area contributed by atoms with Gasteiger partial charge in [0.15, 0.2) is 11.9 Å². The fourth-order valence-electron chi connectivity index (χ4n) is 1.31. The molecule has 2 rings (SSSR count). The van der Waals surface area contributed by atoms with Crippen LogP contribution in [0.5, 0.6) is 11.6 Å². The van der Waals surface area contributed by atoms with Crippen molar-refractivity contribution < 1.29 is 22.1 Å². The number of hydrogen-bond donors (Lipinski definition) is 0. The second-order valence-electron chi connectivity index (χ2n) is 3.60. The highest BCUT2D eigenvalue weighted by atomic mass is 79.9. The van der Waals surface area contributed by atoms with Crippen LogP contribution in [0.2, 0.25) is 5.15 Å². The molecule has 1 aliphatic heterocycles. The summed E-state index contributed by atoms with van der Waals surface area (Å²) in [6.45, 7) is 0.0235. The molecule has 0 radical (unpaired) electrons. The maximum absolute atomic E-state index is 10.9. The zero-order valence-corrected chi connectivity index (χ0v) is 12.4. The molecule has 1 atom stereocenters. The molecule has 0 saturated heterocycles. The van der Waals surface area contributed by atoms with Gasteiger partial charge in [0.25, 0.3) is 16.0 Å². The minimum atomic E-state index is -3.50. The highest BCUT2D eigenvalue weighted by Crippen LogP contribution is 2.38. The van der Waals surface area contributed by atoms with Gasteiger partial charge < -0.3 is 9.47 Å². The van der Waals surface area contributed by atoms with Crippen LogP contribution in [-0.2, 0) is 14.3 Å². The molecule has 0 amide bonds. The molecule has 0 aliphatic carbocycles. The molecule has 0 saturated carbocycles. The Morgan fingerprint density at radius 2 is 2.39 bits per heavy atom. The van der Waals surface area contributed by atoms with Gasteiger partial charge in [0.05, 0.1) is 10.7 Å². The van der Waals surface area contributed by atoms with E-state index in [1.165, 1.54) is 0 Å². The van der Waals surface area contributed by atoms with Crippen LogP contribution >= 0.6 is 27.5 Å². The van der Waals surface area contributed by atoms with E-state index in [1.54, 1.807) is 6.07 Å². The lowest BCUT2D eigenvalue weighted by molar-refractivity contribution is 0.0514. The first-order valence-corrected chi connectivity index (χ1v) is 7.84. The maximum atomic E-state index is 10.9. The van der Waals surface area contributed by atoms with Gasteiger partial charge in [0.2, 0.25) is 0 Å². The Kier molecular flexibility index (Phi) is 4.00. The highest BCUT2D eigenvalue weighted by molar-refractivity contribution is 9.10. The summed E-state index contributed by atoms with van der Waals surface area (Å²) >= 11 is 9.02. The van der Waals surface area contributed by atoms with E-state index in [0.29, 0.717) is 10.2 Å². The Morgan fingerprint density at radius 3 is 3.06 bits per heavy atom. The summed E-state index contributed by atoms with van der Waals surface area (Å²) in [6, 6.07) is 1.56. The maximum Gasteiger partial charge on any atom is 0.264 e. The Bertz CT molecular complexity index is 564. The van der Waals surface area contributed by atoms with E-state index < -0.39 is 16.2 Å². The van der Waals surface area contributed by atoms with Crippen molar-refractivity contribution in [3.05, 3.63) is 15.7 Å². The summed E-state index contributed by atoms with van der Waals surface area (Å²) in [5.41, 5.74) is 0. The van der Waals surface area contributed by atoms with Crippen LogP contribution in [0.3, 0.4) is 0 Å². The second kappa shape index (κ2) is 5.20. The number of rotatable bonds is 3. The van der Waals surface area contributed by atoms with Gasteiger partial charge in [-0.3, -0.25) is 4.18 Å². The van der Waals surface area contributed by atoms with E-state index in [1.807, 2.05) is 0 Å². The third-order valence-electron chi connectivity index (χ3n) is 2.02. The molecule has 0 unspecified atom stereocenters. The van der Waals surface area contributed by atoms with Crippen molar-refractivity contribution in [2.24, 2.45) is 0 Å². The van der Waals surface area contributed by atoms with E-state index >= 15 is 0 Å². The van der Waals surface area contributed by atoms with Crippen LogP contribution in [0, 0.1) is 0 Å². The van der Waals surface area contributed by atoms with Gasteiger partial charge in [-0.25, -0.2) is 0 Å². The van der Waals surface area contributed by atoms with E-state index in [-0.39, 0.29) is 24.2 Å². The monoisotopic (exact) mass is 357 g/mol. The summed E-state index contributed by atoms with van der Waals surface area (Å²) in [5.74, 6) is 0.651. The van der Waals surface area contributed by atoms with Crippen molar-refractivity contribution in [3.63, 3.8) is 0 Å². The van der Waals surface area contributed by atoms with Gasteiger partial charge in [-0.2, -0.15) is 13.4 Å². The van der Waals surface area contributed by atoms with Crippen LogP contribution in [0.1, 0.15) is 0 Å². The van der Waals surface area contributed by atoms with Gasteiger partial charge in [0.1, 0.15) is 18.4 Å². The van der Waals surface area contributed by atoms with Gasteiger partial charge in [0, 0.05) is 0 Å². The predicted octanol–water partition coefficient (Wildman–Crippen LogP) is 1.61. The minimum absolute atomic E-state index is 0.118. The van der Waals surface area contributed by atoms with Crippen molar-refractivity contribution in [3.8, 4) is 11.6 Å². The van der Waals surface area contributed by atoms with Crippen molar-refractivity contribution in [1.29, 1.82) is 0 Å². The van der Waals surface area contributed by atoms with Gasteiger partial charge >= 0.3 is 0 Å². The Hall–Kier alpha value is -0.570. The van der Waals surface area contributed by atoms with Crippen LogP contribution in [0.25, 0.3) is 0 Å². The van der Waals surface area contributed by atoms with Crippen LogP contribution in [-0.4, -0.2) is 39.0 Å². The molecule has 0 bridgehead atoms. The zero-order valence-electron chi connectivity index (χ0n) is 9.22. The summed E-state index contributed by atoms with van der Waals surface area (Å²) < 4.78 is 37.9. The second-order valence-corrected chi connectivity index (χ2v) is 6.49. The molecular formula is C9H9BrClNO5S. The number of fused-ring (bicyclic) bond motifs is 1. The van der Waals surface area contributed by atoms with Gasteiger partial charge in [-0.1, -0.05) is 11.6 Å². The molecule has 0 spiro atoms.